The second kappa shape index (κ2) is 10.3. The zero-order valence-corrected chi connectivity index (χ0v) is 18.4. The van der Waals surface area contributed by atoms with Crippen molar-refractivity contribution in [3.63, 3.8) is 0 Å². The molecule has 8 heteroatoms. The molecule has 0 heterocycles. The highest BCUT2D eigenvalue weighted by atomic mass is 32.2. The van der Waals surface area contributed by atoms with Crippen molar-refractivity contribution in [2.75, 3.05) is 31.8 Å². The van der Waals surface area contributed by atoms with Crippen LogP contribution in [0, 0.1) is 0 Å². The summed E-state index contributed by atoms with van der Waals surface area (Å²) in [6.45, 7) is 1.41. The Labute approximate surface area is 182 Å². The summed E-state index contributed by atoms with van der Waals surface area (Å²) in [5, 5.41) is 5.04. The average Bonchev–Trinajstić information content (AvgIpc) is 2.73. The fourth-order valence-corrected chi connectivity index (χ4v) is 3.69. The number of ether oxygens (including phenoxy) is 1. The van der Waals surface area contributed by atoms with Gasteiger partial charge in [-0.1, -0.05) is 48.5 Å². The van der Waals surface area contributed by atoms with E-state index in [0.29, 0.717) is 26.1 Å². The number of hydrogen-bond acceptors (Lipinski definition) is 5. The topological polar surface area (TPSA) is 84.9 Å². The van der Waals surface area contributed by atoms with Gasteiger partial charge in [-0.3, -0.25) is 0 Å². The van der Waals surface area contributed by atoms with Gasteiger partial charge >= 0.3 is 16.1 Å². The van der Waals surface area contributed by atoms with E-state index in [1.807, 2.05) is 42.5 Å². The summed E-state index contributed by atoms with van der Waals surface area (Å²) < 4.78 is 32.5. The maximum atomic E-state index is 13.1. The molecule has 0 aliphatic heterocycles. The van der Waals surface area contributed by atoms with E-state index in [-0.39, 0.29) is 11.8 Å². The summed E-state index contributed by atoms with van der Waals surface area (Å²) in [5.74, 6) is 0.234. The van der Waals surface area contributed by atoms with Crippen LogP contribution >= 0.6 is 0 Å². The summed E-state index contributed by atoms with van der Waals surface area (Å²) in [5.41, 5.74) is 1.60. The molecule has 0 unspecified atom stereocenters. The maximum Gasteiger partial charge on any atom is 0.322 e. The number of hydrogen-bond donors (Lipinski definition) is 1. The first-order chi connectivity index (χ1) is 14.9. The molecule has 0 spiro atoms. The first-order valence-electron chi connectivity index (χ1n) is 9.87. The highest BCUT2D eigenvalue weighted by molar-refractivity contribution is 7.86. The van der Waals surface area contributed by atoms with Gasteiger partial charge in [0, 0.05) is 32.2 Å². The molecular weight excluding hydrogens is 416 g/mol. The largest absolute Gasteiger partial charge is 0.385 e. The Morgan fingerprint density at radius 1 is 1.00 bits per heavy atom. The molecule has 164 valence electrons. The van der Waals surface area contributed by atoms with Gasteiger partial charge in [0.15, 0.2) is 0 Å². The number of fused-ring (bicyclic) bond motifs is 1. The van der Waals surface area contributed by atoms with Crippen LogP contribution in [-0.4, -0.2) is 45.9 Å². The van der Waals surface area contributed by atoms with Crippen molar-refractivity contribution < 1.29 is 22.1 Å². The van der Waals surface area contributed by atoms with E-state index in [1.54, 1.807) is 36.3 Å². The number of carbonyl (C=O) groups excluding carboxylic acids is 1. The van der Waals surface area contributed by atoms with E-state index in [9.17, 15) is 13.2 Å². The zero-order valence-electron chi connectivity index (χ0n) is 17.6. The van der Waals surface area contributed by atoms with E-state index in [0.717, 1.165) is 28.3 Å². The molecular formula is C23H26N2O5S. The van der Waals surface area contributed by atoms with Crippen molar-refractivity contribution >= 4 is 32.6 Å². The third-order valence-corrected chi connectivity index (χ3v) is 5.13. The molecule has 0 atom stereocenters. The van der Waals surface area contributed by atoms with Gasteiger partial charge in [0.25, 0.3) is 0 Å². The van der Waals surface area contributed by atoms with Crippen LogP contribution in [0.3, 0.4) is 0 Å². The third-order valence-electron chi connectivity index (χ3n) is 4.64. The standard InChI is InChI=1S/C23H26N2O5S/c1-29-16-6-15-25(17-18-11-13-20(14-12-18)30-31(2,27)28)23(26)24-22-10-5-8-19-7-3-4-9-21(19)22/h3-5,7-14H,6,15-17H2,1-2H3,(H,24,26). The fraction of sp³-hybridized carbons (Fsp3) is 0.261. The quantitative estimate of drug-likeness (QED) is 0.396. The lowest BCUT2D eigenvalue weighted by molar-refractivity contribution is 0.171. The van der Waals surface area contributed by atoms with Crippen molar-refractivity contribution in [3.05, 3.63) is 72.3 Å². The van der Waals surface area contributed by atoms with Gasteiger partial charge in [-0.05, 0) is 35.6 Å². The molecule has 7 nitrogen and oxygen atoms in total. The van der Waals surface area contributed by atoms with Crippen LogP contribution in [0.4, 0.5) is 10.5 Å². The van der Waals surface area contributed by atoms with Crippen LogP contribution in [-0.2, 0) is 21.4 Å². The van der Waals surface area contributed by atoms with Crippen LogP contribution in [0.5, 0.6) is 5.75 Å². The molecule has 0 saturated heterocycles. The molecule has 0 aliphatic carbocycles. The number of rotatable bonds is 9. The Kier molecular flexibility index (Phi) is 7.49. The summed E-state index contributed by atoms with van der Waals surface area (Å²) in [4.78, 5) is 14.8. The Balaban J connectivity index is 1.75. The van der Waals surface area contributed by atoms with Gasteiger partial charge < -0.3 is 19.1 Å². The van der Waals surface area contributed by atoms with Gasteiger partial charge in [-0.2, -0.15) is 8.42 Å². The third kappa shape index (κ3) is 6.70. The Hall–Kier alpha value is -3.10. The molecule has 0 bridgehead atoms. The van der Waals surface area contributed by atoms with Gasteiger partial charge in [-0.25, -0.2) is 4.79 Å². The lowest BCUT2D eigenvalue weighted by Gasteiger charge is -2.24. The van der Waals surface area contributed by atoms with Gasteiger partial charge in [0.2, 0.25) is 0 Å². The molecule has 0 fully saturated rings. The fourth-order valence-electron chi connectivity index (χ4n) is 3.23. The smallest absolute Gasteiger partial charge is 0.322 e. The average molecular weight is 443 g/mol. The van der Waals surface area contributed by atoms with Gasteiger partial charge in [-0.15, -0.1) is 0 Å². The number of anilines is 1. The van der Waals surface area contributed by atoms with Crippen molar-refractivity contribution in [2.45, 2.75) is 13.0 Å². The molecule has 31 heavy (non-hydrogen) atoms. The normalized spacial score (nSPS) is 11.3. The van der Waals surface area contributed by atoms with Crippen LogP contribution in [0.2, 0.25) is 0 Å². The molecule has 0 saturated carbocycles. The highest BCUT2D eigenvalue weighted by Crippen LogP contribution is 2.23. The summed E-state index contributed by atoms with van der Waals surface area (Å²) in [6.07, 6.45) is 1.69. The number of urea groups is 1. The van der Waals surface area contributed by atoms with Crippen LogP contribution in [0.15, 0.2) is 66.7 Å². The summed E-state index contributed by atoms with van der Waals surface area (Å²) >= 11 is 0. The van der Waals surface area contributed by atoms with E-state index in [2.05, 4.69) is 5.32 Å². The maximum absolute atomic E-state index is 13.1. The number of nitrogens with zero attached hydrogens (tertiary/aromatic N) is 1. The van der Waals surface area contributed by atoms with Gasteiger partial charge in [0.1, 0.15) is 5.75 Å². The number of amides is 2. The Morgan fingerprint density at radius 3 is 2.42 bits per heavy atom. The monoisotopic (exact) mass is 442 g/mol. The Bertz CT molecular complexity index is 1120. The molecule has 2 amide bonds. The first kappa shape index (κ1) is 22.6. The minimum atomic E-state index is -3.58. The molecule has 0 aromatic heterocycles. The van der Waals surface area contributed by atoms with Crippen LogP contribution in [0.1, 0.15) is 12.0 Å². The van der Waals surface area contributed by atoms with E-state index >= 15 is 0 Å². The van der Waals surface area contributed by atoms with E-state index in [1.165, 1.54) is 0 Å². The number of nitrogens with one attached hydrogen (secondary N) is 1. The number of carbonyl (C=O) groups is 1. The lowest BCUT2D eigenvalue weighted by Crippen LogP contribution is -2.35. The van der Waals surface area contributed by atoms with E-state index in [4.69, 9.17) is 8.92 Å². The zero-order chi connectivity index (χ0) is 22.3. The predicted octanol–water partition coefficient (Wildman–Crippen LogP) is 4.25. The summed E-state index contributed by atoms with van der Waals surface area (Å²) in [7, 11) is -1.96. The highest BCUT2D eigenvalue weighted by Gasteiger charge is 2.15. The molecule has 3 rings (SSSR count). The first-order valence-corrected chi connectivity index (χ1v) is 11.7. The van der Waals surface area contributed by atoms with Crippen LogP contribution in [0.25, 0.3) is 10.8 Å². The van der Waals surface area contributed by atoms with Crippen LogP contribution < -0.4 is 9.50 Å². The number of methoxy groups -OCH3 is 1. The second-order valence-corrected chi connectivity index (χ2v) is 8.73. The van der Waals surface area contributed by atoms with E-state index < -0.39 is 10.1 Å². The number of benzene rings is 3. The minimum absolute atomic E-state index is 0.219. The van der Waals surface area contributed by atoms with Crippen molar-refractivity contribution in [2.24, 2.45) is 0 Å². The Morgan fingerprint density at radius 2 is 1.71 bits per heavy atom. The minimum Gasteiger partial charge on any atom is -0.385 e. The van der Waals surface area contributed by atoms with Gasteiger partial charge in [0.05, 0.1) is 11.9 Å². The lowest BCUT2D eigenvalue weighted by atomic mass is 10.1. The van der Waals surface area contributed by atoms with Crippen molar-refractivity contribution in [1.82, 2.24) is 4.90 Å². The molecule has 3 aromatic carbocycles. The predicted molar refractivity (Wildman–Crippen MR) is 122 cm³/mol. The second-order valence-electron chi connectivity index (χ2n) is 7.16. The van der Waals surface area contributed by atoms with Crippen molar-refractivity contribution in [3.8, 4) is 5.75 Å². The SMILES string of the molecule is COCCCN(Cc1ccc(OS(C)(=O)=O)cc1)C(=O)Nc1cccc2ccccc12. The van der Waals surface area contributed by atoms with Crippen molar-refractivity contribution in [1.29, 1.82) is 0 Å². The molecule has 3 aromatic rings. The summed E-state index contributed by atoms with van der Waals surface area (Å²) in [6, 6.07) is 20.1. The molecule has 1 N–H and O–H groups in total. The molecule has 0 aliphatic rings. The molecule has 0 radical (unpaired) electrons.